The van der Waals surface area contributed by atoms with Gasteiger partial charge in [0, 0.05) is 11.1 Å². The molecule has 0 spiro atoms. The second-order valence-corrected chi connectivity index (χ2v) is 14.7. The largest absolute Gasteiger partial charge is 0.506 e. The normalized spacial score (nSPS) is 11.4. The van der Waals surface area contributed by atoms with Crippen LogP contribution in [0, 0.1) is 0 Å². The molecule has 9 aromatic rings. The lowest BCUT2D eigenvalue weighted by molar-refractivity contribution is 0.351. The Morgan fingerprint density at radius 1 is 0.283 bits per heavy atom. The highest BCUT2D eigenvalue weighted by Crippen LogP contribution is 2.64. The zero-order chi connectivity index (χ0) is 42.1. The topological polar surface area (TPSA) is 261 Å². The molecule has 2 heterocycles. The Kier molecular flexibility index (Phi) is 8.61. The molecule has 0 amide bonds. The smallest absolute Gasteiger partial charge is 0.205 e. The Morgan fingerprint density at radius 3 is 1.27 bits per heavy atom. The van der Waals surface area contributed by atoms with Crippen LogP contribution in [0.2, 0.25) is 0 Å². The van der Waals surface area contributed by atoms with Crippen LogP contribution in [-0.4, -0.2) is 71.1 Å². The van der Waals surface area contributed by atoms with Gasteiger partial charge in [0.25, 0.3) is 0 Å². The van der Waals surface area contributed by atoms with Gasteiger partial charge in [-0.2, -0.15) is 0 Å². The van der Waals surface area contributed by atoms with Crippen molar-refractivity contribution in [3.8, 4) is 131 Å². The number of thiophene rings is 1. The van der Waals surface area contributed by atoms with Crippen LogP contribution in [0.5, 0.6) is 63.2 Å². The van der Waals surface area contributed by atoms with Gasteiger partial charge in [-0.05, 0) is 28.3 Å². The van der Waals surface area contributed by atoms with E-state index in [0.717, 1.165) is 22.3 Å². The third kappa shape index (κ3) is 5.67. The number of nitrogens with zero attached hydrogens (tertiary/aromatic N) is 3. The van der Waals surface area contributed by atoms with Crippen LogP contribution < -0.4 is 0 Å². The average molecular weight is 820 g/mol. The molecule has 0 unspecified atom stereocenters. The van der Waals surface area contributed by atoms with Gasteiger partial charge in [0.2, 0.25) is 11.5 Å². The summed E-state index contributed by atoms with van der Waals surface area (Å²) in [7, 11) is 0. The van der Waals surface area contributed by atoms with E-state index in [4.69, 9.17) is 4.98 Å². The maximum Gasteiger partial charge on any atom is 0.205 e. The van der Waals surface area contributed by atoms with E-state index >= 15 is 0 Å². The minimum Gasteiger partial charge on any atom is -0.506 e. The first-order valence-electron chi connectivity index (χ1n) is 17.9. The van der Waals surface area contributed by atoms with Crippen LogP contribution in [0.4, 0.5) is 0 Å². The van der Waals surface area contributed by atoms with Gasteiger partial charge in [0.15, 0.2) is 63.5 Å². The highest BCUT2D eigenvalue weighted by atomic mass is 32.1. The lowest BCUT2D eigenvalue weighted by Crippen LogP contribution is -2.01. The summed E-state index contributed by atoms with van der Waals surface area (Å²) in [6.07, 6.45) is 0. The summed E-state index contributed by atoms with van der Waals surface area (Å²) in [5.74, 6) is -12.3. The summed E-state index contributed by atoms with van der Waals surface area (Å²) in [6, 6.07) is 33.7. The molecule has 0 aliphatic rings. The third-order valence-corrected chi connectivity index (χ3v) is 11.4. The quantitative estimate of drug-likeness (QED) is 0.0553. The number of aromatic nitrogens is 3. The lowest BCUT2D eigenvalue weighted by atomic mass is 9.95. The number of hydrogen-bond acceptors (Lipinski definition) is 15. The first-order chi connectivity index (χ1) is 28.8. The number of hydrogen-bond donors (Lipinski definition) is 11. The number of aromatic hydroxyl groups is 11. The van der Waals surface area contributed by atoms with E-state index in [1.807, 2.05) is 84.9 Å². The first-order valence-corrected chi connectivity index (χ1v) is 18.7. The molecule has 9 rings (SSSR count). The Balaban J connectivity index is 1.25. The molecule has 0 radical (unpaired) electrons. The minimum atomic E-state index is -1.22. The maximum absolute atomic E-state index is 11.6. The van der Waals surface area contributed by atoms with Crippen molar-refractivity contribution < 1.29 is 56.2 Å². The fraction of sp³-hybridized carbons (Fsp3) is 0. The van der Waals surface area contributed by atoms with E-state index in [-0.39, 0.29) is 21.0 Å². The lowest BCUT2D eigenvalue weighted by Gasteiger charge is -2.18. The van der Waals surface area contributed by atoms with E-state index < -0.39 is 96.5 Å². The minimum absolute atomic E-state index is 0.0839. The van der Waals surface area contributed by atoms with Crippen LogP contribution in [0.25, 0.3) is 87.7 Å². The number of phenolic OH excluding ortho intramolecular Hbond substituents is 11. The Bertz CT molecular complexity index is 3180. The Labute approximate surface area is 341 Å². The Hall–Kier alpha value is -8.43. The fourth-order valence-corrected chi connectivity index (χ4v) is 8.37. The molecule has 0 saturated carbocycles. The number of rotatable bonds is 6. The standard InChI is InChI=1S/C45H29N3O11S/c49-30-25(26-32(51)33(52)27-28-34(53)38(57)39(58)40(59)42(28)60-41(27)37(26)56)31(50)36(55)29(35(30)54)45-47-43(22-16-14-21(15-17-22)19-8-3-1-4-9-19)46-44(48-45)24-13-7-12-23(18-24)20-10-5-2-6-11-20/h1-18,49-59H. The summed E-state index contributed by atoms with van der Waals surface area (Å²) in [5.41, 5.74) is 2.11. The molecule has 0 bridgehead atoms. The van der Waals surface area contributed by atoms with Crippen LogP contribution >= 0.6 is 11.3 Å². The zero-order valence-electron chi connectivity index (χ0n) is 30.6. The number of fused-ring (bicyclic) bond motifs is 3. The van der Waals surface area contributed by atoms with E-state index in [9.17, 15) is 56.2 Å². The predicted octanol–water partition coefficient (Wildman–Crippen LogP) is 9.00. The molecule has 15 heteroatoms. The van der Waals surface area contributed by atoms with Gasteiger partial charge in [-0.1, -0.05) is 103 Å². The fourth-order valence-electron chi connectivity index (χ4n) is 7.17. The van der Waals surface area contributed by atoms with Crippen molar-refractivity contribution >= 4 is 31.5 Å². The van der Waals surface area contributed by atoms with E-state index in [2.05, 4.69) is 9.97 Å². The molecule has 7 aromatic carbocycles. The van der Waals surface area contributed by atoms with Gasteiger partial charge in [-0.15, -0.1) is 11.3 Å². The SMILES string of the molecule is Oc1c(O)c(-c2c(O)c(O)c3c(sc4c(O)c(O)c(O)c(O)c43)c2O)c(O)c(O)c1-c1nc(-c2ccc(-c3ccccc3)cc2)nc(-c2cccc(-c3ccccc3)c2)n1. The van der Waals surface area contributed by atoms with Gasteiger partial charge < -0.3 is 56.2 Å². The van der Waals surface area contributed by atoms with Gasteiger partial charge in [0.1, 0.15) is 11.3 Å². The maximum atomic E-state index is 11.6. The molecule has 60 heavy (non-hydrogen) atoms. The van der Waals surface area contributed by atoms with Crippen LogP contribution in [0.15, 0.2) is 109 Å². The summed E-state index contributed by atoms with van der Waals surface area (Å²) in [5, 5.41) is 121. The van der Waals surface area contributed by atoms with Crippen molar-refractivity contribution in [1.29, 1.82) is 0 Å². The molecule has 2 aromatic heterocycles. The third-order valence-electron chi connectivity index (χ3n) is 10.2. The highest BCUT2D eigenvalue weighted by molar-refractivity contribution is 7.26. The van der Waals surface area contributed by atoms with Crippen LogP contribution in [-0.2, 0) is 0 Å². The molecule has 296 valence electrons. The van der Waals surface area contributed by atoms with Crippen molar-refractivity contribution in [2.24, 2.45) is 0 Å². The summed E-state index contributed by atoms with van der Waals surface area (Å²) < 4.78 is -0.713. The molecular weight excluding hydrogens is 791 g/mol. The molecule has 11 N–H and O–H groups in total. The van der Waals surface area contributed by atoms with Crippen molar-refractivity contribution in [1.82, 2.24) is 15.0 Å². The second-order valence-electron chi connectivity index (χ2n) is 13.7. The molecular formula is C45H29N3O11S. The summed E-state index contributed by atoms with van der Waals surface area (Å²) in [4.78, 5) is 13.8. The highest BCUT2D eigenvalue weighted by Gasteiger charge is 2.35. The number of phenols is 11. The van der Waals surface area contributed by atoms with Gasteiger partial charge in [-0.3, -0.25) is 0 Å². The summed E-state index contributed by atoms with van der Waals surface area (Å²) in [6.45, 7) is 0. The number of benzene rings is 7. The van der Waals surface area contributed by atoms with Gasteiger partial charge >= 0.3 is 0 Å². The molecule has 0 aliphatic heterocycles. The summed E-state index contributed by atoms with van der Waals surface area (Å²) >= 11 is 0.484. The molecule has 0 fully saturated rings. The second kappa shape index (κ2) is 13.9. The molecule has 0 atom stereocenters. The van der Waals surface area contributed by atoms with Gasteiger partial charge in [-0.25, -0.2) is 15.0 Å². The van der Waals surface area contributed by atoms with Crippen molar-refractivity contribution in [3.05, 3.63) is 109 Å². The van der Waals surface area contributed by atoms with Crippen molar-refractivity contribution in [2.45, 2.75) is 0 Å². The first kappa shape index (κ1) is 37.2. The van der Waals surface area contributed by atoms with E-state index in [0.29, 0.717) is 22.5 Å². The van der Waals surface area contributed by atoms with E-state index in [1.165, 1.54) is 0 Å². The monoisotopic (exact) mass is 819 g/mol. The molecule has 0 saturated heterocycles. The van der Waals surface area contributed by atoms with Crippen LogP contribution in [0.1, 0.15) is 0 Å². The van der Waals surface area contributed by atoms with Gasteiger partial charge in [0.05, 0.1) is 31.3 Å². The Morgan fingerprint density at radius 2 is 0.667 bits per heavy atom. The van der Waals surface area contributed by atoms with Crippen LogP contribution in [0.3, 0.4) is 0 Å². The zero-order valence-corrected chi connectivity index (χ0v) is 31.4. The molecule has 14 nitrogen and oxygen atoms in total. The van der Waals surface area contributed by atoms with Crippen molar-refractivity contribution in [2.75, 3.05) is 0 Å². The van der Waals surface area contributed by atoms with E-state index in [1.54, 1.807) is 24.3 Å². The average Bonchev–Trinajstić information content (AvgIpc) is 3.70. The van der Waals surface area contributed by atoms with Crippen molar-refractivity contribution in [3.63, 3.8) is 0 Å². The molecule has 0 aliphatic carbocycles. The predicted molar refractivity (Wildman–Crippen MR) is 224 cm³/mol.